The fraction of sp³-hybridized carbons (Fsp3) is 0.556. The highest BCUT2D eigenvalue weighted by molar-refractivity contribution is 5.91. The molecule has 0 aliphatic carbocycles. The lowest BCUT2D eigenvalue weighted by Gasteiger charge is -2.19. The highest BCUT2D eigenvalue weighted by Gasteiger charge is 2.31. The Kier molecular flexibility index (Phi) is 3.33. The zero-order valence-electron chi connectivity index (χ0n) is 9.38. The van der Waals surface area contributed by atoms with E-state index in [9.17, 15) is 9.59 Å². The molecule has 1 N–H and O–H groups in total. The van der Waals surface area contributed by atoms with Crippen LogP contribution in [0.5, 0.6) is 0 Å². The minimum Gasteiger partial charge on any atom is -0.377 e. The smallest absolute Gasteiger partial charge is 0.371 e. The van der Waals surface area contributed by atoms with Crippen LogP contribution in [0.2, 0.25) is 0 Å². The predicted octanol–water partition coefficient (Wildman–Crippen LogP) is -1.30. The average molecular weight is 241 g/mol. The molecule has 92 valence electrons. The van der Waals surface area contributed by atoms with Gasteiger partial charge >= 0.3 is 11.6 Å². The maximum atomic E-state index is 11.0. The van der Waals surface area contributed by atoms with E-state index in [1.165, 1.54) is 11.7 Å². The Hall–Kier alpha value is -1.96. The molecular weight excluding hydrogens is 228 g/mol. The summed E-state index contributed by atoms with van der Waals surface area (Å²) < 4.78 is 10.1. The molecule has 8 nitrogen and oxygen atoms in total. The Labute approximate surface area is 97.1 Å². The molecule has 17 heavy (non-hydrogen) atoms. The van der Waals surface area contributed by atoms with Crippen molar-refractivity contribution >= 4 is 18.1 Å². The molecular formula is C9H13N4O4+. The Bertz CT molecular complexity index is 425. The van der Waals surface area contributed by atoms with E-state index in [0.717, 1.165) is 0 Å². The third-order valence-corrected chi connectivity index (χ3v) is 2.31. The van der Waals surface area contributed by atoms with Crippen molar-refractivity contribution in [2.45, 2.75) is 6.92 Å². The number of hydrogen-bond donors (Lipinski definition) is 1. The van der Waals surface area contributed by atoms with Crippen molar-refractivity contribution in [2.24, 2.45) is 0 Å². The molecule has 1 fully saturated rings. The summed E-state index contributed by atoms with van der Waals surface area (Å²) in [5, 5.41) is 7.94. The van der Waals surface area contributed by atoms with Gasteiger partial charge in [-0.1, -0.05) is 0 Å². The standard InChI is InChI=1S/C9H12N4O4/c1-7(15)10-9-8(6-14)13(11-17-9)12-2-4-16-5-3-12/h6H,2-5H2,1H3/p+1. The van der Waals surface area contributed by atoms with Gasteiger partial charge < -0.3 is 4.74 Å². The van der Waals surface area contributed by atoms with Gasteiger partial charge in [-0.2, -0.15) is 0 Å². The SMILES string of the molecule is CC(=O)Nc1on[n+](N2CCOCC2)c1C=O. The number of ether oxygens (including phenoxy) is 1. The summed E-state index contributed by atoms with van der Waals surface area (Å²) in [4.78, 5) is 23.3. The minimum absolute atomic E-state index is 0.0546. The molecule has 0 spiro atoms. The van der Waals surface area contributed by atoms with Crippen LogP contribution in [0.15, 0.2) is 4.52 Å². The molecule has 8 heteroatoms. The van der Waals surface area contributed by atoms with Crippen LogP contribution in [-0.2, 0) is 9.53 Å². The number of aldehydes is 1. The number of nitrogens with zero attached hydrogens (tertiary/aromatic N) is 3. The highest BCUT2D eigenvalue weighted by Crippen LogP contribution is 2.08. The Morgan fingerprint density at radius 1 is 1.53 bits per heavy atom. The molecule has 0 saturated carbocycles. The monoisotopic (exact) mass is 241 g/mol. The van der Waals surface area contributed by atoms with Crippen molar-refractivity contribution in [1.82, 2.24) is 5.27 Å². The van der Waals surface area contributed by atoms with Gasteiger partial charge in [-0.15, -0.1) is 5.01 Å². The second-order valence-electron chi connectivity index (χ2n) is 3.54. The van der Waals surface area contributed by atoms with E-state index >= 15 is 0 Å². The van der Waals surface area contributed by atoms with Crippen molar-refractivity contribution in [2.75, 3.05) is 36.6 Å². The third-order valence-electron chi connectivity index (χ3n) is 2.31. The van der Waals surface area contributed by atoms with Gasteiger partial charge in [0.1, 0.15) is 0 Å². The molecule has 1 aromatic heterocycles. The zero-order valence-corrected chi connectivity index (χ0v) is 9.38. The van der Waals surface area contributed by atoms with Crippen molar-refractivity contribution < 1.29 is 23.6 Å². The quantitative estimate of drug-likeness (QED) is 0.522. The van der Waals surface area contributed by atoms with Gasteiger partial charge in [0.2, 0.25) is 17.5 Å². The molecule has 0 aromatic carbocycles. The topological polar surface area (TPSA) is 88.6 Å². The average Bonchev–Trinajstić information content (AvgIpc) is 2.72. The first kappa shape index (κ1) is 11.5. The van der Waals surface area contributed by atoms with Crippen LogP contribution in [0.25, 0.3) is 0 Å². The van der Waals surface area contributed by atoms with Gasteiger partial charge in [0.05, 0.1) is 31.1 Å². The number of carbonyl (C=O) groups excluding carboxylic acids is 2. The number of morpholine rings is 1. The van der Waals surface area contributed by atoms with Crippen molar-refractivity contribution in [3.05, 3.63) is 5.69 Å². The van der Waals surface area contributed by atoms with Gasteiger partial charge in [-0.3, -0.25) is 19.4 Å². The summed E-state index contributed by atoms with van der Waals surface area (Å²) in [5.74, 6) is -0.266. The summed E-state index contributed by atoms with van der Waals surface area (Å²) in [6.07, 6.45) is 0.594. The summed E-state index contributed by atoms with van der Waals surface area (Å²) in [6.45, 7) is 3.67. The molecule has 1 saturated heterocycles. The number of anilines is 1. The summed E-state index contributed by atoms with van der Waals surface area (Å²) >= 11 is 0. The molecule has 2 heterocycles. The van der Waals surface area contributed by atoms with Gasteiger partial charge in [0, 0.05) is 6.92 Å². The molecule has 0 bridgehead atoms. The van der Waals surface area contributed by atoms with Crippen molar-refractivity contribution in [1.29, 1.82) is 0 Å². The van der Waals surface area contributed by atoms with Crippen LogP contribution in [0.3, 0.4) is 0 Å². The van der Waals surface area contributed by atoms with Crippen LogP contribution in [0.1, 0.15) is 17.4 Å². The van der Waals surface area contributed by atoms with Crippen LogP contribution in [-0.4, -0.2) is 43.8 Å². The Balaban J connectivity index is 2.24. The molecule has 0 atom stereocenters. The van der Waals surface area contributed by atoms with Crippen molar-refractivity contribution in [3.63, 3.8) is 0 Å². The first-order chi connectivity index (χ1) is 8.22. The first-order valence-electron chi connectivity index (χ1n) is 5.20. The molecule has 1 aromatic rings. The van der Waals surface area contributed by atoms with Gasteiger partial charge in [-0.25, -0.2) is 0 Å². The van der Waals surface area contributed by atoms with Gasteiger partial charge in [0.25, 0.3) is 0 Å². The van der Waals surface area contributed by atoms with E-state index in [4.69, 9.17) is 9.26 Å². The summed E-state index contributed by atoms with van der Waals surface area (Å²) in [5.41, 5.74) is 0.183. The zero-order chi connectivity index (χ0) is 12.3. The number of nitrogens with one attached hydrogen (secondary N) is 1. The van der Waals surface area contributed by atoms with E-state index in [1.54, 1.807) is 0 Å². The van der Waals surface area contributed by atoms with E-state index in [0.29, 0.717) is 32.6 Å². The number of rotatable bonds is 3. The molecule has 1 aliphatic rings. The second kappa shape index (κ2) is 4.91. The fourth-order valence-corrected chi connectivity index (χ4v) is 1.56. The Morgan fingerprint density at radius 2 is 2.24 bits per heavy atom. The molecule has 0 radical (unpaired) electrons. The van der Waals surface area contributed by atoms with Crippen LogP contribution < -0.4 is 15.1 Å². The van der Waals surface area contributed by atoms with Gasteiger partial charge in [0.15, 0.2) is 0 Å². The van der Waals surface area contributed by atoms with Crippen LogP contribution >= 0.6 is 0 Å². The lowest BCUT2D eigenvalue weighted by Crippen LogP contribution is -2.64. The third kappa shape index (κ3) is 2.41. The minimum atomic E-state index is -0.321. The lowest BCUT2D eigenvalue weighted by molar-refractivity contribution is -0.760. The molecule has 1 aliphatic heterocycles. The second-order valence-corrected chi connectivity index (χ2v) is 3.54. The van der Waals surface area contributed by atoms with Gasteiger partial charge in [-0.05, 0) is 0 Å². The summed E-state index contributed by atoms with van der Waals surface area (Å²) in [7, 11) is 0. The first-order valence-corrected chi connectivity index (χ1v) is 5.20. The van der Waals surface area contributed by atoms with E-state index in [2.05, 4.69) is 10.6 Å². The maximum absolute atomic E-state index is 11.0. The number of carbonyl (C=O) groups is 2. The molecule has 2 rings (SSSR count). The largest absolute Gasteiger partial charge is 0.377 e. The summed E-state index contributed by atoms with van der Waals surface area (Å²) in [6, 6.07) is 0. The maximum Gasteiger partial charge on any atom is 0.371 e. The number of amides is 1. The van der Waals surface area contributed by atoms with E-state index in [-0.39, 0.29) is 17.5 Å². The lowest BCUT2D eigenvalue weighted by atomic mass is 10.4. The van der Waals surface area contributed by atoms with E-state index < -0.39 is 0 Å². The number of aromatic nitrogens is 2. The normalized spacial score (nSPS) is 15.7. The Morgan fingerprint density at radius 3 is 2.82 bits per heavy atom. The highest BCUT2D eigenvalue weighted by atomic mass is 16.5. The van der Waals surface area contributed by atoms with Crippen LogP contribution in [0, 0.1) is 0 Å². The predicted molar refractivity (Wildman–Crippen MR) is 55.2 cm³/mol. The molecule has 1 amide bonds. The van der Waals surface area contributed by atoms with Crippen molar-refractivity contribution in [3.8, 4) is 0 Å². The molecule has 0 unspecified atom stereocenters. The number of hydrogen-bond acceptors (Lipinski definition) is 6. The van der Waals surface area contributed by atoms with E-state index in [1.807, 2.05) is 5.01 Å². The van der Waals surface area contributed by atoms with Crippen LogP contribution in [0.4, 0.5) is 5.88 Å². The fourth-order valence-electron chi connectivity index (χ4n) is 1.56.